The number of rotatable bonds is 3. The Hall–Kier alpha value is -2.90. The van der Waals surface area contributed by atoms with Crippen molar-refractivity contribution in [1.82, 2.24) is 9.78 Å². The number of nitro groups is 1. The summed E-state index contributed by atoms with van der Waals surface area (Å²) in [5.74, 6) is -0.117. The van der Waals surface area contributed by atoms with Gasteiger partial charge >= 0.3 is 0 Å². The summed E-state index contributed by atoms with van der Waals surface area (Å²) in [4.78, 5) is 22.0. The van der Waals surface area contributed by atoms with Gasteiger partial charge in [0.25, 0.3) is 11.6 Å². The van der Waals surface area contributed by atoms with E-state index in [1.807, 2.05) is 0 Å². The molecule has 0 aliphatic rings. The quantitative estimate of drug-likeness (QED) is 0.488. The molecule has 8 nitrogen and oxygen atoms in total. The number of nitrogens with zero attached hydrogens (tertiary/aromatic N) is 3. The molecule has 0 fully saturated rings. The van der Waals surface area contributed by atoms with Gasteiger partial charge in [-0.1, -0.05) is 0 Å². The molecule has 0 bridgehead atoms. The lowest BCUT2D eigenvalue weighted by atomic mass is 10.1. The summed E-state index contributed by atoms with van der Waals surface area (Å²) in [6, 6.07) is 5.49. The average Bonchev–Trinajstić information content (AvgIpc) is 2.74. The number of aryl methyl sites for hydroxylation is 1. The van der Waals surface area contributed by atoms with Crippen LogP contribution in [0.3, 0.4) is 0 Å². The highest BCUT2D eigenvalue weighted by Crippen LogP contribution is 2.22. The number of hydrogen-bond donors (Lipinski definition) is 2. The number of hydrogen-bond acceptors (Lipinski definition) is 5. The van der Waals surface area contributed by atoms with Gasteiger partial charge in [-0.25, -0.2) is 0 Å². The molecule has 1 aromatic carbocycles. The molecule has 0 aliphatic carbocycles. The maximum atomic E-state index is 11.9. The molecule has 8 heteroatoms. The number of nitrogens with one attached hydrogen (secondary N) is 1. The third-order valence-electron chi connectivity index (χ3n) is 2.44. The standard InChI is InChI=1S/C11H11N5O3/c1-15-5-4-10(14-15)13-11(17)7-2-3-8(12)9(6-7)16(18)19/h2-6H,12H2,1H3,(H,13,14,17). The molecule has 0 atom stereocenters. The Balaban J connectivity index is 2.24. The van der Waals surface area contributed by atoms with Crippen LogP contribution in [-0.2, 0) is 7.05 Å². The molecule has 2 rings (SSSR count). The van der Waals surface area contributed by atoms with Gasteiger partial charge in [0.05, 0.1) is 4.92 Å². The minimum atomic E-state index is -0.632. The number of carbonyl (C=O) groups excluding carboxylic acids is 1. The van der Waals surface area contributed by atoms with Crippen molar-refractivity contribution >= 4 is 23.1 Å². The molecule has 0 saturated heterocycles. The molecule has 98 valence electrons. The molecule has 0 saturated carbocycles. The first-order valence-electron chi connectivity index (χ1n) is 5.32. The molecular weight excluding hydrogens is 250 g/mol. The highest BCUT2D eigenvalue weighted by Gasteiger charge is 2.16. The van der Waals surface area contributed by atoms with Crippen LogP contribution in [0.2, 0.25) is 0 Å². The number of aromatic nitrogens is 2. The van der Waals surface area contributed by atoms with Gasteiger partial charge < -0.3 is 11.1 Å². The van der Waals surface area contributed by atoms with Crippen LogP contribution in [0.25, 0.3) is 0 Å². The van der Waals surface area contributed by atoms with Crippen molar-refractivity contribution in [3.05, 3.63) is 46.1 Å². The molecule has 19 heavy (non-hydrogen) atoms. The molecule has 1 heterocycles. The van der Waals surface area contributed by atoms with E-state index in [1.54, 1.807) is 19.3 Å². The van der Waals surface area contributed by atoms with Crippen molar-refractivity contribution in [2.75, 3.05) is 11.1 Å². The predicted octanol–water partition coefficient (Wildman–Crippen LogP) is 1.16. The second-order valence-electron chi connectivity index (χ2n) is 3.86. The smallest absolute Gasteiger partial charge is 0.292 e. The van der Waals surface area contributed by atoms with E-state index in [4.69, 9.17) is 5.73 Å². The van der Waals surface area contributed by atoms with Gasteiger partial charge in [0, 0.05) is 30.9 Å². The van der Waals surface area contributed by atoms with Crippen molar-refractivity contribution in [1.29, 1.82) is 0 Å². The second-order valence-corrected chi connectivity index (χ2v) is 3.86. The summed E-state index contributed by atoms with van der Waals surface area (Å²) in [5, 5.41) is 17.2. The van der Waals surface area contributed by atoms with Crippen molar-refractivity contribution in [2.45, 2.75) is 0 Å². The predicted molar refractivity (Wildman–Crippen MR) is 68.7 cm³/mol. The van der Waals surface area contributed by atoms with Gasteiger partial charge in [-0.3, -0.25) is 19.6 Å². The van der Waals surface area contributed by atoms with Gasteiger partial charge in [-0.2, -0.15) is 5.10 Å². The van der Waals surface area contributed by atoms with Gasteiger partial charge in [0.2, 0.25) is 0 Å². The zero-order chi connectivity index (χ0) is 14.0. The normalized spacial score (nSPS) is 10.2. The zero-order valence-corrected chi connectivity index (χ0v) is 10.0. The number of nitro benzene ring substituents is 1. The van der Waals surface area contributed by atoms with Gasteiger partial charge in [0.1, 0.15) is 5.69 Å². The molecule has 0 radical (unpaired) electrons. The molecule has 3 N–H and O–H groups in total. The molecule has 1 amide bonds. The highest BCUT2D eigenvalue weighted by atomic mass is 16.6. The van der Waals surface area contributed by atoms with Crippen molar-refractivity contribution < 1.29 is 9.72 Å². The van der Waals surface area contributed by atoms with Gasteiger partial charge in [-0.15, -0.1) is 0 Å². The summed E-state index contributed by atoms with van der Waals surface area (Å²) in [5.41, 5.74) is 5.32. The first kappa shape index (κ1) is 12.6. The minimum Gasteiger partial charge on any atom is -0.393 e. The van der Waals surface area contributed by atoms with E-state index in [0.717, 1.165) is 6.07 Å². The molecule has 0 aliphatic heterocycles. The molecule has 2 aromatic rings. The first-order valence-corrected chi connectivity index (χ1v) is 5.32. The van der Waals surface area contributed by atoms with Crippen LogP contribution in [0.5, 0.6) is 0 Å². The van der Waals surface area contributed by atoms with Crippen LogP contribution in [0.15, 0.2) is 30.5 Å². The summed E-state index contributed by atoms with van der Waals surface area (Å²) in [7, 11) is 1.71. The SMILES string of the molecule is Cn1ccc(NC(=O)c2ccc(N)c([N+](=O)[O-])c2)n1. The fourth-order valence-corrected chi connectivity index (χ4v) is 1.51. The Morgan fingerprint density at radius 1 is 1.47 bits per heavy atom. The zero-order valence-electron chi connectivity index (χ0n) is 10.0. The number of nitrogen functional groups attached to an aromatic ring is 1. The molecular formula is C11H11N5O3. The van der Waals surface area contributed by atoms with Crippen LogP contribution in [0.1, 0.15) is 10.4 Å². The summed E-state index contributed by atoms with van der Waals surface area (Å²) in [6.45, 7) is 0. The Morgan fingerprint density at radius 2 is 2.21 bits per heavy atom. The third-order valence-corrected chi connectivity index (χ3v) is 2.44. The lowest BCUT2D eigenvalue weighted by Crippen LogP contribution is -2.13. The van der Waals surface area contributed by atoms with Crippen LogP contribution >= 0.6 is 0 Å². The molecule has 0 unspecified atom stereocenters. The van der Waals surface area contributed by atoms with Crippen LogP contribution in [-0.4, -0.2) is 20.6 Å². The fourth-order valence-electron chi connectivity index (χ4n) is 1.51. The highest BCUT2D eigenvalue weighted by molar-refractivity contribution is 6.04. The Bertz CT molecular complexity index is 650. The number of benzene rings is 1. The van der Waals surface area contributed by atoms with Crippen LogP contribution in [0.4, 0.5) is 17.2 Å². The molecule has 1 aromatic heterocycles. The van der Waals surface area contributed by atoms with E-state index in [1.165, 1.54) is 16.8 Å². The minimum absolute atomic E-state index is 0.0133. The maximum absolute atomic E-state index is 11.9. The van der Waals surface area contributed by atoms with Crippen molar-refractivity contribution in [3.63, 3.8) is 0 Å². The Morgan fingerprint density at radius 3 is 2.79 bits per heavy atom. The molecule has 0 spiro atoms. The summed E-state index contributed by atoms with van der Waals surface area (Å²) in [6.07, 6.45) is 1.67. The number of nitrogens with two attached hydrogens (primary N) is 1. The van der Waals surface area contributed by atoms with E-state index in [2.05, 4.69) is 10.4 Å². The lowest BCUT2D eigenvalue weighted by molar-refractivity contribution is -0.383. The number of carbonyl (C=O) groups is 1. The Labute approximate surface area is 108 Å². The van der Waals surface area contributed by atoms with Gasteiger partial charge in [0.15, 0.2) is 5.82 Å². The van der Waals surface area contributed by atoms with Crippen LogP contribution < -0.4 is 11.1 Å². The summed E-state index contributed by atoms with van der Waals surface area (Å²) < 4.78 is 1.53. The van der Waals surface area contributed by atoms with Crippen LogP contribution in [0, 0.1) is 10.1 Å². The maximum Gasteiger partial charge on any atom is 0.292 e. The van der Waals surface area contributed by atoms with Crippen molar-refractivity contribution in [3.8, 4) is 0 Å². The van der Waals surface area contributed by atoms with E-state index in [-0.39, 0.29) is 16.9 Å². The van der Waals surface area contributed by atoms with Crippen molar-refractivity contribution in [2.24, 2.45) is 7.05 Å². The topological polar surface area (TPSA) is 116 Å². The summed E-state index contributed by atoms with van der Waals surface area (Å²) >= 11 is 0. The van der Waals surface area contributed by atoms with E-state index in [0.29, 0.717) is 5.82 Å². The average molecular weight is 261 g/mol. The number of amides is 1. The lowest BCUT2D eigenvalue weighted by Gasteiger charge is -2.03. The van der Waals surface area contributed by atoms with E-state index < -0.39 is 10.8 Å². The first-order chi connectivity index (χ1) is 8.97. The fraction of sp³-hybridized carbons (Fsp3) is 0.0909. The monoisotopic (exact) mass is 261 g/mol. The van der Waals surface area contributed by atoms with E-state index >= 15 is 0 Å². The largest absolute Gasteiger partial charge is 0.393 e. The van der Waals surface area contributed by atoms with E-state index in [9.17, 15) is 14.9 Å². The Kier molecular flexibility index (Phi) is 3.15. The third kappa shape index (κ3) is 2.68. The second kappa shape index (κ2) is 4.77. The van der Waals surface area contributed by atoms with Gasteiger partial charge in [-0.05, 0) is 12.1 Å². The number of anilines is 2.